The van der Waals surface area contributed by atoms with Crippen molar-refractivity contribution in [2.45, 2.75) is 25.7 Å². The molecule has 0 N–H and O–H groups in total. The normalized spacial score (nSPS) is 22.9. The number of rotatable bonds is 1. The summed E-state index contributed by atoms with van der Waals surface area (Å²) < 4.78 is 0. The molecule has 1 aromatic heterocycles. The number of likely N-dealkylation sites (tertiary alicyclic amines) is 1. The highest BCUT2D eigenvalue weighted by atomic mass is 16.1. The van der Waals surface area contributed by atoms with E-state index in [1.807, 2.05) is 12.1 Å². The van der Waals surface area contributed by atoms with Crippen LogP contribution in [-0.2, 0) is 11.2 Å². The molecule has 0 bridgehead atoms. The van der Waals surface area contributed by atoms with E-state index in [-0.39, 0.29) is 5.78 Å². The van der Waals surface area contributed by atoms with E-state index < -0.39 is 0 Å². The third kappa shape index (κ3) is 1.61. The Morgan fingerprint density at radius 1 is 1.35 bits per heavy atom. The number of nitrogens with zero attached hydrogens (tertiary/aromatic N) is 2. The molecule has 0 unspecified atom stereocenters. The number of fused-ring (bicyclic) bond motifs is 1. The lowest BCUT2D eigenvalue weighted by molar-refractivity contribution is -0.114. The summed E-state index contributed by atoms with van der Waals surface area (Å²) in [7, 11) is 0. The van der Waals surface area contributed by atoms with Gasteiger partial charge in [-0.05, 0) is 36.3 Å². The van der Waals surface area contributed by atoms with Gasteiger partial charge in [0.1, 0.15) is 0 Å². The van der Waals surface area contributed by atoms with Gasteiger partial charge in [0, 0.05) is 25.7 Å². The van der Waals surface area contributed by atoms with Crippen molar-refractivity contribution >= 4 is 11.5 Å². The first-order valence-corrected chi connectivity index (χ1v) is 7.16. The summed E-state index contributed by atoms with van der Waals surface area (Å²) in [4.78, 5) is 19.1. The lowest BCUT2D eigenvalue weighted by Crippen LogP contribution is -2.27. The van der Waals surface area contributed by atoms with Crippen LogP contribution in [0.2, 0.25) is 0 Å². The zero-order chi connectivity index (χ0) is 13.7. The van der Waals surface area contributed by atoms with Crippen LogP contribution in [0.4, 0.5) is 0 Å². The molecule has 3 nitrogen and oxygen atoms in total. The van der Waals surface area contributed by atoms with Crippen LogP contribution < -0.4 is 0 Å². The van der Waals surface area contributed by atoms with Gasteiger partial charge in [0.15, 0.2) is 5.78 Å². The molecule has 2 heterocycles. The van der Waals surface area contributed by atoms with Crippen molar-refractivity contribution in [2.75, 3.05) is 13.1 Å². The molecule has 3 aliphatic rings. The van der Waals surface area contributed by atoms with E-state index in [1.54, 1.807) is 6.20 Å². The Kier molecular flexibility index (Phi) is 2.32. The molecule has 1 aliphatic heterocycles. The topological polar surface area (TPSA) is 33.2 Å². The molecule has 2 fully saturated rings. The summed E-state index contributed by atoms with van der Waals surface area (Å²) in [5, 5.41) is 0. The first-order valence-electron chi connectivity index (χ1n) is 7.16. The summed E-state index contributed by atoms with van der Waals surface area (Å²) >= 11 is 0. The van der Waals surface area contributed by atoms with Crippen LogP contribution >= 0.6 is 0 Å². The van der Waals surface area contributed by atoms with Crippen molar-refractivity contribution in [2.24, 2.45) is 5.41 Å². The molecule has 3 heteroatoms. The van der Waals surface area contributed by atoms with Crippen molar-refractivity contribution in [3.8, 4) is 12.3 Å². The van der Waals surface area contributed by atoms with Crippen LogP contribution in [0.15, 0.2) is 23.9 Å². The van der Waals surface area contributed by atoms with Crippen molar-refractivity contribution in [1.29, 1.82) is 0 Å². The van der Waals surface area contributed by atoms with Crippen LogP contribution in [-0.4, -0.2) is 28.8 Å². The molecule has 0 amide bonds. The summed E-state index contributed by atoms with van der Waals surface area (Å²) in [6, 6.07) is 3.87. The molecule has 2 aliphatic carbocycles. The van der Waals surface area contributed by atoms with Crippen molar-refractivity contribution in [3.05, 3.63) is 35.2 Å². The summed E-state index contributed by atoms with van der Waals surface area (Å²) in [6.07, 6.45) is 11.6. The molecule has 20 heavy (non-hydrogen) atoms. The Labute approximate surface area is 118 Å². The second-order valence-electron chi connectivity index (χ2n) is 6.15. The number of carbonyl (C=O) groups excluding carboxylic acids is 1. The van der Waals surface area contributed by atoms with Gasteiger partial charge in [0.05, 0.1) is 17.0 Å². The van der Waals surface area contributed by atoms with Crippen molar-refractivity contribution in [1.82, 2.24) is 9.88 Å². The van der Waals surface area contributed by atoms with Crippen LogP contribution in [0.1, 0.15) is 30.5 Å². The van der Waals surface area contributed by atoms with E-state index in [2.05, 4.69) is 15.8 Å². The quantitative estimate of drug-likeness (QED) is 0.728. The standard InChI is InChI=1S/C17H16N2O/c1-2-13-14(20)10-12-4-3-8-18-15(12)16(13)19-9-7-17(11-19)5-6-17/h1,3-4,8H,5-7,9-11H2. The zero-order valence-electron chi connectivity index (χ0n) is 11.4. The van der Waals surface area contributed by atoms with Gasteiger partial charge >= 0.3 is 0 Å². The number of aromatic nitrogens is 1. The minimum Gasteiger partial charge on any atom is -0.368 e. The maximum absolute atomic E-state index is 12.3. The van der Waals surface area contributed by atoms with Crippen LogP contribution in [0.5, 0.6) is 0 Å². The third-order valence-corrected chi connectivity index (χ3v) is 4.84. The molecule has 1 spiro atoms. The number of terminal acetylenes is 1. The number of carbonyl (C=O) groups is 1. The van der Waals surface area contributed by atoms with Crippen molar-refractivity contribution in [3.63, 3.8) is 0 Å². The van der Waals surface area contributed by atoms with Gasteiger partial charge < -0.3 is 4.90 Å². The predicted molar refractivity (Wildman–Crippen MR) is 76.6 cm³/mol. The molecule has 100 valence electrons. The van der Waals surface area contributed by atoms with Gasteiger partial charge in [-0.3, -0.25) is 9.78 Å². The Hall–Kier alpha value is -2.08. The molecule has 4 rings (SSSR count). The average molecular weight is 264 g/mol. The minimum atomic E-state index is 0.0553. The summed E-state index contributed by atoms with van der Waals surface area (Å²) in [5.74, 6) is 2.67. The number of hydrogen-bond donors (Lipinski definition) is 0. The Morgan fingerprint density at radius 3 is 2.90 bits per heavy atom. The zero-order valence-corrected chi connectivity index (χ0v) is 11.4. The first kappa shape index (κ1) is 11.7. The van der Waals surface area contributed by atoms with Gasteiger partial charge in [0.2, 0.25) is 0 Å². The maximum atomic E-state index is 12.3. The van der Waals surface area contributed by atoms with Crippen LogP contribution in [0.25, 0.3) is 5.70 Å². The minimum absolute atomic E-state index is 0.0553. The molecular weight excluding hydrogens is 248 g/mol. The van der Waals surface area contributed by atoms with Crippen molar-refractivity contribution < 1.29 is 4.79 Å². The highest BCUT2D eigenvalue weighted by Gasteiger charge is 2.49. The smallest absolute Gasteiger partial charge is 0.177 e. The van der Waals surface area contributed by atoms with Crippen LogP contribution in [0.3, 0.4) is 0 Å². The SMILES string of the molecule is C#CC1=C(N2CCC3(CC3)C2)c2ncccc2CC1=O. The van der Waals surface area contributed by atoms with E-state index in [4.69, 9.17) is 6.42 Å². The van der Waals surface area contributed by atoms with Gasteiger partial charge in [-0.2, -0.15) is 0 Å². The van der Waals surface area contributed by atoms with Gasteiger partial charge in [-0.15, -0.1) is 6.42 Å². The second-order valence-corrected chi connectivity index (χ2v) is 6.15. The molecule has 0 aromatic carbocycles. The van der Waals surface area contributed by atoms with E-state index in [9.17, 15) is 4.79 Å². The van der Waals surface area contributed by atoms with E-state index in [0.29, 0.717) is 17.4 Å². The lowest BCUT2D eigenvalue weighted by Gasteiger charge is -2.27. The molecule has 0 atom stereocenters. The molecular formula is C17H16N2O. The van der Waals surface area contributed by atoms with Gasteiger partial charge in [0.25, 0.3) is 0 Å². The fourth-order valence-electron chi connectivity index (χ4n) is 3.47. The predicted octanol–water partition coefficient (Wildman–Crippen LogP) is 2.04. The lowest BCUT2D eigenvalue weighted by atomic mass is 9.91. The fourth-order valence-corrected chi connectivity index (χ4v) is 3.47. The number of pyridine rings is 1. The highest BCUT2D eigenvalue weighted by Crippen LogP contribution is 2.54. The van der Waals surface area contributed by atoms with Gasteiger partial charge in [-0.25, -0.2) is 0 Å². The number of ketones is 1. The van der Waals surface area contributed by atoms with Crippen LogP contribution in [0, 0.1) is 17.8 Å². The molecule has 1 aromatic rings. The maximum Gasteiger partial charge on any atom is 0.177 e. The number of allylic oxidation sites excluding steroid dienone is 1. The van der Waals surface area contributed by atoms with E-state index >= 15 is 0 Å². The average Bonchev–Trinajstić information content (AvgIpc) is 3.08. The Balaban J connectivity index is 1.84. The van der Waals surface area contributed by atoms with Gasteiger partial charge in [-0.1, -0.05) is 12.0 Å². The second kappa shape index (κ2) is 3.96. The third-order valence-electron chi connectivity index (χ3n) is 4.84. The van der Waals surface area contributed by atoms with E-state index in [1.165, 1.54) is 19.3 Å². The summed E-state index contributed by atoms with van der Waals surface area (Å²) in [6.45, 7) is 2.01. The number of Topliss-reactive ketones (excluding diaryl/α,β-unsaturated/α-hetero) is 1. The molecule has 1 saturated carbocycles. The first-order chi connectivity index (χ1) is 9.72. The van der Waals surface area contributed by atoms with E-state index in [0.717, 1.165) is 30.0 Å². The Bertz CT molecular complexity index is 676. The summed E-state index contributed by atoms with van der Waals surface area (Å²) in [5.41, 5.74) is 3.85. The molecule has 0 radical (unpaired) electrons. The number of hydrogen-bond acceptors (Lipinski definition) is 3. The highest BCUT2D eigenvalue weighted by molar-refractivity contribution is 6.09. The largest absolute Gasteiger partial charge is 0.368 e. The molecule has 1 saturated heterocycles. The monoisotopic (exact) mass is 264 g/mol. The fraction of sp³-hybridized carbons (Fsp3) is 0.412. The Morgan fingerprint density at radius 2 is 2.20 bits per heavy atom.